The third kappa shape index (κ3) is 2.48. The van der Waals surface area contributed by atoms with E-state index < -0.39 is 0 Å². The molecule has 3 N–H and O–H groups in total. The van der Waals surface area contributed by atoms with E-state index in [4.69, 9.17) is 5.73 Å². The Bertz CT molecular complexity index is 416. The van der Waals surface area contributed by atoms with Crippen molar-refractivity contribution >= 4 is 11.6 Å². The molecular weight excluding hydrogens is 226 g/mol. The molecule has 1 aromatic rings. The number of amides is 1. The van der Waals surface area contributed by atoms with Gasteiger partial charge in [-0.05, 0) is 31.0 Å². The first kappa shape index (κ1) is 12.9. The molecule has 18 heavy (non-hydrogen) atoms. The van der Waals surface area contributed by atoms with Gasteiger partial charge >= 0.3 is 0 Å². The van der Waals surface area contributed by atoms with Crippen LogP contribution >= 0.6 is 0 Å². The summed E-state index contributed by atoms with van der Waals surface area (Å²) in [7, 11) is 0. The third-order valence-corrected chi connectivity index (χ3v) is 3.59. The van der Waals surface area contributed by atoms with E-state index in [0.29, 0.717) is 6.54 Å². The average Bonchev–Trinajstić information content (AvgIpc) is 2.41. The van der Waals surface area contributed by atoms with Crippen molar-refractivity contribution in [2.75, 3.05) is 18.0 Å². The van der Waals surface area contributed by atoms with E-state index in [1.165, 1.54) is 0 Å². The fraction of sp³-hybridized carbons (Fsp3) is 0.500. The molecule has 0 aromatic heterocycles. The van der Waals surface area contributed by atoms with Gasteiger partial charge in [-0.1, -0.05) is 19.1 Å². The molecule has 2 atom stereocenters. The van der Waals surface area contributed by atoms with Crippen LogP contribution in [0.25, 0.3) is 0 Å². The number of benzene rings is 1. The van der Waals surface area contributed by atoms with Crippen LogP contribution in [0.15, 0.2) is 24.3 Å². The van der Waals surface area contributed by atoms with E-state index in [0.717, 1.165) is 24.2 Å². The van der Waals surface area contributed by atoms with Crippen molar-refractivity contribution in [3.05, 3.63) is 29.8 Å². The van der Waals surface area contributed by atoms with Crippen molar-refractivity contribution in [3.63, 3.8) is 0 Å². The SMILES string of the molecule is CC[C@H](N)c1ccc(N2CCNC(=O)C2C)cc1. The van der Waals surface area contributed by atoms with Crippen LogP contribution in [0.4, 0.5) is 5.69 Å². The van der Waals surface area contributed by atoms with Crippen molar-refractivity contribution < 1.29 is 4.79 Å². The molecule has 1 heterocycles. The predicted molar refractivity (Wildman–Crippen MR) is 73.5 cm³/mol. The Kier molecular flexibility index (Phi) is 3.87. The van der Waals surface area contributed by atoms with Gasteiger partial charge in [0.2, 0.25) is 5.91 Å². The average molecular weight is 247 g/mol. The van der Waals surface area contributed by atoms with Gasteiger partial charge in [0.05, 0.1) is 0 Å². The normalized spacial score (nSPS) is 21.6. The number of rotatable bonds is 3. The maximum Gasteiger partial charge on any atom is 0.242 e. The second kappa shape index (κ2) is 5.40. The number of nitrogens with two attached hydrogens (primary N) is 1. The third-order valence-electron chi connectivity index (χ3n) is 3.59. The number of carbonyl (C=O) groups excluding carboxylic acids is 1. The fourth-order valence-corrected chi connectivity index (χ4v) is 2.28. The molecule has 1 aliphatic heterocycles. The number of anilines is 1. The first-order chi connectivity index (χ1) is 8.63. The maximum absolute atomic E-state index is 11.6. The van der Waals surface area contributed by atoms with Crippen LogP contribution < -0.4 is 16.0 Å². The summed E-state index contributed by atoms with van der Waals surface area (Å²) in [6, 6.07) is 8.22. The van der Waals surface area contributed by atoms with Crippen molar-refractivity contribution in [2.45, 2.75) is 32.4 Å². The lowest BCUT2D eigenvalue weighted by Crippen LogP contribution is -2.54. The monoisotopic (exact) mass is 247 g/mol. The van der Waals surface area contributed by atoms with Crippen LogP contribution in [0, 0.1) is 0 Å². The Labute approximate surface area is 108 Å². The van der Waals surface area contributed by atoms with Gasteiger partial charge in [0, 0.05) is 24.8 Å². The second-order valence-corrected chi connectivity index (χ2v) is 4.77. The van der Waals surface area contributed by atoms with Crippen LogP contribution in [-0.2, 0) is 4.79 Å². The van der Waals surface area contributed by atoms with Gasteiger partial charge in [-0.15, -0.1) is 0 Å². The quantitative estimate of drug-likeness (QED) is 0.849. The minimum Gasteiger partial charge on any atom is -0.358 e. The molecule has 1 saturated heterocycles. The van der Waals surface area contributed by atoms with Crippen LogP contribution in [0.5, 0.6) is 0 Å². The fourth-order valence-electron chi connectivity index (χ4n) is 2.28. The number of hydrogen-bond donors (Lipinski definition) is 2. The predicted octanol–water partition coefficient (Wildman–Crippen LogP) is 1.42. The highest BCUT2D eigenvalue weighted by Gasteiger charge is 2.25. The van der Waals surface area contributed by atoms with Gasteiger partial charge in [-0.25, -0.2) is 0 Å². The first-order valence-electron chi connectivity index (χ1n) is 6.53. The van der Waals surface area contributed by atoms with E-state index in [1.807, 2.05) is 6.92 Å². The molecule has 1 fully saturated rings. The number of hydrogen-bond acceptors (Lipinski definition) is 3. The molecule has 0 aliphatic carbocycles. The van der Waals surface area contributed by atoms with Gasteiger partial charge < -0.3 is 16.0 Å². The standard InChI is InChI=1S/C14H21N3O/c1-3-13(15)11-4-6-12(7-5-11)17-9-8-16-14(18)10(17)2/h4-7,10,13H,3,8-9,15H2,1-2H3,(H,16,18)/t10?,13-/m0/s1. The van der Waals surface area contributed by atoms with Gasteiger partial charge in [-0.2, -0.15) is 0 Å². The zero-order chi connectivity index (χ0) is 13.1. The van der Waals surface area contributed by atoms with Crippen molar-refractivity contribution in [2.24, 2.45) is 5.73 Å². The topological polar surface area (TPSA) is 58.4 Å². The zero-order valence-corrected chi connectivity index (χ0v) is 11.0. The molecule has 2 rings (SSSR count). The lowest BCUT2D eigenvalue weighted by Gasteiger charge is -2.34. The molecule has 4 nitrogen and oxygen atoms in total. The highest BCUT2D eigenvalue weighted by molar-refractivity contribution is 5.86. The summed E-state index contributed by atoms with van der Waals surface area (Å²) >= 11 is 0. The van der Waals surface area contributed by atoms with Crippen LogP contribution in [0.3, 0.4) is 0 Å². The Morgan fingerprint density at radius 2 is 2.11 bits per heavy atom. The largest absolute Gasteiger partial charge is 0.358 e. The Hall–Kier alpha value is -1.55. The smallest absolute Gasteiger partial charge is 0.242 e. The summed E-state index contributed by atoms with van der Waals surface area (Å²) in [5.74, 6) is 0.0931. The summed E-state index contributed by atoms with van der Waals surface area (Å²) in [5.41, 5.74) is 8.23. The van der Waals surface area contributed by atoms with E-state index in [1.54, 1.807) is 0 Å². The molecular formula is C14H21N3O. The summed E-state index contributed by atoms with van der Waals surface area (Å²) in [6.45, 7) is 5.57. The zero-order valence-electron chi connectivity index (χ0n) is 11.0. The summed E-state index contributed by atoms with van der Waals surface area (Å²) < 4.78 is 0. The molecule has 0 saturated carbocycles. The van der Waals surface area contributed by atoms with Crippen LogP contribution in [0.2, 0.25) is 0 Å². The molecule has 1 amide bonds. The summed E-state index contributed by atoms with van der Waals surface area (Å²) in [6.07, 6.45) is 0.932. The summed E-state index contributed by atoms with van der Waals surface area (Å²) in [4.78, 5) is 13.8. The lowest BCUT2D eigenvalue weighted by atomic mass is 10.0. The number of nitrogens with zero attached hydrogens (tertiary/aromatic N) is 1. The summed E-state index contributed by atoms with van der Waals surface area (Å²) in [5, 5.41) is 2.87. The minimum atomic E-state index is -0.107. The van der Waals surface area contributed by atoms with E-state index in [-0.39, 0.29) is 18.0 Å². The highest BCUT2D eigenvalue weighted by Crippen LogP contribution is 2.22. The van der Waals surface area contributed by atoms with Gasteiger partial charge in [-0.3, -0.25) is 4.79 Å². The number of nitrogens with one attached hydrogen (secondary N) is 1. The highest BCUT2D eigenvalue weighted by atomic mass is 16.2. The number of carbonyl (C=O) groups is 1. The Morgan fingerprint density at radius 3 is 2.72 bits per heavy atom. The van der Waals surface area contributed by atoms with Gasteiger partial charge in [0.1, 0.15) is 6.04 Å². The van der Waals surface area contributed by atoms with Crippen LogP contribution in [0.1, 0.15) is 31.9 Å². The second-order valence-electron chi connectivity index (χ2n) is 4.77. The van der Waals surface area contributed by atoms with Crippen molar-refractivity contribution in [3.8, 4) is 0 Å². The maximum atomic E-state index is 11.6. The van der Waals surface area contributed by atoms with Crippen molar-refractivity contribution in [1.29, 1.82) is 0 Å². The van der Waals surface area contributed by atoms with Crippen molar-refractivity contribution in [1.82, 2.24) is 5.32 Å². The van der Waals surface area contributed by atoms with Gasteiger partial charge in [0.15, 0.2) is 0 Å². The molecule has 0 spiro atoms. The molecule has 1 unspecified atom stereocenters. The van der Waals surface area contributed by atoms with Crippen LogP contribution in [-0.4, -0.2) is 25.0 Å². The molecule has 1 aliphatic rings. The molecule has 98 valence electrons. The Balaban J connectivity index is 2.16. The Morgan fingerprint density at radius 1 is 1.44 bits per heavy atom. The molecule has 0 radical (unpaired) electrons. The first-order valence-corrected chi connectivity index (χ1v) is 6.53. The minimum absolute atomic E-state index is 0.0931. The van der Waals surface area contributed by atoms with E-state index in [2.05, 4.69) is 41.4 Å². The van der Waals surface area contributed by atoms with E-state index >= 15 is 0 Å². The lowest BCUT2D eigenvalue weighted by molar-refractivity contribution is -0.122. The number of piperazine rings is 1. The van der Waals surface area contributed by atoms with E-state index in [9.17, 15) is 4.79 Å². The molecule has 1 aromatic carbocycles. The van der Waals surface area contributed by atoms with Gasteiger partial charge in [0.25, 0.3) is 0 Å². The molecule has 0 bridgehead atoms. The molecule has 4 heteroatoms.